The van der Waals surface area contributed by atoms with Crippen molar-refractivity contribution in [3.8, 4) is 10.6 Å². The van der Waals surface area contributed by atoms with E-state index < -0.39 is 25.9 Å². The second-order valence-corrected chi connectivity index (χ2v) is 10.0. The Labute approximate surface area is 173 Å². The third-order valence-electron chi connectivity index (χ3n) is 4.27. The van der Waals surface area contributed by atoms with E-state index in [9.17, 15) is 30.7 Å². The standard InChI is InChI=1S/C17H12N2O8S3/c1-18-12-7-13-8(5-15(12)30(24,25)26)4-10(17(20)27-13)16-19-11-6-9(29(21,22)23)2-3-14(11)28-16/h2-7,18H,1H3,(H,21,22,23)(H,24,25,26). The summed E-state index contributed by atoms with van der Waals surface area (Å²) in [6, 6.07) is 7.63. The van der Waals surface area contributed by atoms with E-state index in [0.29, 0.717) is 4.70 Å². The fourth-order valence-electron chi connectivity index (χ4n) is 2.89. The first-order valence-electron chi connectivity index (χ1n) is 8.13. The van der Waals surface area contributed by atoms with E-state index >= 15 is 0 Å². The Morgan fingerprint density at radius 3 is 2.40 bits per heavy atom. The summed E-state index contributed by atoms with van der Waals surface area (Å²) < 4.78 is 70.4. The molecule has 3 N–H and O–H groups in total. The molecule has 0 spiro atoms. The highest BCUT2D eigenvalue weighted by Crippen LogP contribution is 2.33. The van der Waals surface area contributed by atoms with Crippen molar-refractivity contribution in [2.45, 2.75) is 9.79 Å². The Hall–Kier alpha value is -2.84. The molecule has 4 aromatic rings. The molecule has 0 aliphatic carbocycles. The van der Waals surface area contributed by atoms with Crippen LogP contribution in [-0.2, 0) is 20.2 Å². The molecule has 0 radical (unpaired) electrons. The number of fused-ring (bicyclic) bond motifs is 2. The van der Waals surface area contributed by atoms with Crippen molar-refractivity contribution in [3.05, 3.63) is 46.8 Å². The molecule has 13 heteroatoms. The van der Waals surface area contributed by atoms with Gasteiger partial charge >= 0.3 is 5.63 Å². The number of rotatable bonds is 4. The van der Waals surface area contributed by atoms with Gasteiger partial charge < -0.3 is 9.73 Å². The van der Waals surface area contributed by atoms with E-state index in [0.717, 1.165) is 17.4 Å². The lowest BCUT2D eigenvalue weighted by atomic mass is 10.1. The number of anilines is 1. The molecule has 30 heavy (non-hydrogen) atoms. The van der Waals surface area contributed by atoms with Crippen molar-refractivity contribution in [1.29, 1.82) is 0 Å². The number of hydrogen-bond acceptors (Lipinski definition) is 9. The molecule has 0 bridgehead atoms. The Kier molecular flexibility index (Phi) is 4.67. The van der Waals surface area contributed by atoms with E-state index in [4.69, 9.17) is 4.42 Å². The molecule has 0 unspecified atom stereocenters. The Balaban J connectivity index is 1.94. The second-order valence-electron chi connectivity index (χ2n) is 6.18. The van der Waals surface area contributed by atoms with Gasteiger partial charge in [0.25, 0.3) is 20.2 Å². The van der Waals surface area contributed by atoms with Crippen LogP contribution in [0.15, 0.2) is 55.4 Å². The third kappa shape index (κ3) is 3.57. The minimum Gasteiger partial charge on any atom is -0.422 e. The van der Waals surface area contributed by atoms with Gasteiger partial charge in [0.15, 0.2) is 0 Å². The molecule has 0 aliphatic rings. The minimum absolute atomic E-state index is 0.0237. The summed E-state index contributed by atoms with van der Waals surface area (Å²) in [5.74, 6) is 0. The zero-order valence-corrected chi connectivity index (χ0v) is 17.4. The van der Waals surface area contributed by atoms with Gasteiger partial charge in [-0.2, -0.15) is 16.8 Å². The summed E-state index contributed by atoms with van der Waals surface area (Å²) in [5, 5.41) is 3.05. The van der Waals surface area contributed by atoms with E-state index in [1.54, 1.807) is 0 Å². The van der Waals surface area contributed by atoms with Gasteiger partial charge in [-0.05, 0) is 30.3 Å². The van der Waals surface area contributed by atoms with Crippen LogP contribution in [0.3, 0.4) is 0 Å². The summed E-state index contributed by atoms with van der Waals surface area (Å²) in [6.45, 7) is 0. The van der Waals surface area contributed by atoms with Crippen LogP contribution < -0.4 is 10.9 Å². The molecule has 2 aromatic carbocycles. The van der Waals surface area contributed by atoms with Crippen molar-refractivity contribution < 1.29 is 30.4 Å². The monoisotopic (exact) mass is 468 g/mol. The average molecular weight is 468 g/mol. The molecule has 10 nitrogen and oxygen atoms in total. The summed E-state index contributed by atoms with van der Waals surface area (Å²) in [4.78, 5) is 16.0. The highest BCUT2D eigenvalue weighted by molar-refractivity contribution is 7.86. The van der Waals surface area contributed by atoms with Crippen LogP contribution in [0.5, 0.6) is 0 Å². The SMILES string of the molecule is CNc1cc2oc(=O)c(-c3nc4cc(S(=O)(=O)O)ccc4s3)cc2cc1S(=O)(=O)O. The Morgan fingerprint density at radius 1 is 1.03 bits per heavy atom. The quantitative estimate of drug-likeness (QED) is 0.299. The van der Waals surface area contributed by atoms with E-state index in [-0.39, 0.29) is 42.5 Å². The molecule has 156 valence electrons. The van der Waals surface area contributed by atoms with Crippen LogP contribution in [0.25, 0.3) is 31.8 Å². The van der Waals surface area contributed by atoms with Crippen molar-refractivity contribution in [1.82, 2.24) is 4.98 Å². The van der Waals surface area contributed by atoms with Gasteiger partial charge in [-0.15, -0.1) is 11.3 Å². The molecule has 0 atom stereocenters. The first-order chi connectivity index (χ1) is 14.0. The summed E-state index contributed by atoms with van der Waals surface area (Å²) in [6.07, 6.45) is 0. The Bertz CT molecular complexity index is 1600. The normalized spacial score (nSPS) is 12.5. The van der Waals surface area contributed by atoms with Crippen molar-refractivity contribution in [2.24, 2.45) is 0 Å². The number of thiazole rings is 1. The predicted molar refractivity (Wildman–Crippen MR) is 110 cm³/mol. The van der Waals surface area contributed by atoms with Crippen LogP contribution >= 0.6 is 11.3 Å². The molecule has 2 heterocycles. The summed E-state index contributed by atoms with van der Waals surface area (Å²) >= 11 is 1.08. The van der Waals surface area contributed by atoms with E-state index in [2.05, 4.69) is 10.3 Å². The fraction of sp³-hybridized carbons (Fsp3) is 0.0588. The summed E-state index contributed by atoms with van der Waals surface area (Å²) in [5.41, 5.74) is -0.323. The van der Waals surface area contributed by atoms with Gasteiger partial charge in [-0.3, -0.25) is 9.11 Å². The number of nitrogens with zero attached hydrogens (tertiary/aromatic N) is 1. The van der Waals surface area contributed by atoms with E-state index in [1.807, 2.05) is 0 Å². The van der Waals surface area contributed by atoms with Crippen molar-refractivity contribution in [2.75, 3.05) is 12.4 Å². The maximum atomic E-state index is 12.5. The van der Waals surface area contributed by atoms with Gasteiger partial charge in [-0.25, -0.2) is 9.78 Å². The maximum absolute atomic E-state index is 12.5. The molecule has 0 saturated carbocycles. The highest BCUT2D eigenvalue weighted by atomic mass is 32.2. The largest absolute Gasteiger partial charge is 0.422 e. The number of aromatic nitrogens is 1. The zero-order chi connectivity index (χ0) is 21.8. The van der Waals surface area contributed by atoms with Crippen molar-refractivity contribution >= 4 is 58.4 Å². The summed E-state index contributed by atoms with van der Waals surface area (Å²) in [7, 11) is -7.51. The number of hydrogen-bond donors (Lipinski definition) is 3. The average Bonchev–Trinajstić information content (AvgIpc) is 3.08. The maximum Gasteiger partial charge on any atom is 0.346 e. The molecule has 2 aromatic heterocycles. The van der Waals surface area contributed by atoms with Gasteiger partial charge in [0.05, 0.1) is 26.4 Å². The molecule has 0 aliphatic heterocycles. The first-order valence-corrected chi connectivity index (χ1v) is 11.8. The lowest BCUT2D eigenvalue weighted by molar-refractivity contribution is 0.481. The van der Waals surface area contributed by atoms with Gasteiger partial charge in [-0.1, -0.05) is 0 Å². The lowest BCUT2D eigenvalue weighted by Crippen LogP contribution is -2.06. The van der Waals surface area contributed by atoms with Gasteiger partial charge in [0.2, 0.25) is 0 Å². The molecule has 0 saturated heterocycles. The van der Waals surface area contributed by atoms with Crippen LogP contribution in [-0.4, -0.2) is 38.0 Å². The fourth-order valence-corrected chi connectivity index (χ4v) is 5.05. The second kappa shape index (κ2) is 6.85. The van der Waals surface area contributed by atoms with Crippen LogP contribution in [0.4, 0.5) is 5.69 Å². The molecular weight excluding hydrogens is 456 g/mol. The highest BCUT2D eigenvalue weighted by Gasteiger charge is 2.20. The number of nitrogens with one attached hydrogen (secondary N) is 1. The van der Waals surface area contributed by atoms with E-state index in [1.165, 1.54) is 37.4 Å². The molecular formula is C17H12N2O8S3. The smallest absolute Gasteiger partial charge is 0.346 e. The van der Waals surface area contributed by atoms with Crippen LogP contribution in [0.1, 0.15) is 0 Å². The topological polar surface area (TPSA) is 164 Å². The third-order valence-corrected chi connectivity index (χ3v) is 7.08. The minimum atomic E-state index is -4.54. The van der Waals surface area contributed by atoms with Crippen LogP contribution in [0, 0.1) is 0 Å². The predicted octanol–water partition coefficient (Wildman–Crippen LogP) is 2.60. The van der Waals surface area contributed by atoms with Gasteiger partial charge in [0.1, 0.15) is 15.5 Å². The number of benzene rings is 2. The molecule has 4 rings (SSSR count). The van der Waals surface area contributed by atoms with Gasteiger partial charge in [0, 0.05) is 18.5 Å². The molecule has 0 amide bonds. The Morgan fingerprint density at radius 2 is 1.77 bits per heavy atom. The lowest BCUT2D eigenvalue weighted by Gasteiger charge is -2.08. The molecule has 0 fully saturated rings. The van der Waals surface area contributed by atoms with Crippen LogP contribution in [0.2, 0.25) is 0 Å². The zero-order valence-electron chi connectivity index (χ0n) is 15.0. The van der Waals surface area contributed by atoms with Crippen molar-refractivity contribution in [3.63, 3.8) is 0 Å². The first kappa shape index (κ1) is 20.4.